The summed E-state index contributed by atoms with van der Waals surface area (Å²) in [5.41, 5.74) is -2.81. The molecule has 4 nitrogen and oxygen atoms in total. The van der Waals surface area contributed by atoms with Gasteiger partial charge >= 0.3 is 12.0 Å². The smallest absolute Gasteiger partial charge is 0.341 e. The molecule has 0 aromatic heterocycles. The Kier molecular flexibility index (Phi) is 6.03. The van der Waals surface area contributed by atoms with Crippen molar-refractivity contribution < 1.29 is 31.1 Å². The predicted octanol–water partition coefficient (Wildman–Crippen LogP) is 4.91. The minimum Gasteiger partial charge on any atom is -0.341 e. The van der Waals surface area contributed by atoms with Crippen LogP contribution in [0.5, 0.6) is 0 Å². The number of ether oxygens (including phenoxy) is 2. The van der Waals surface area contributed by atoms with Crippen LogP contribution >= 0.6 is 0 Å². The van der Waals surface area contributed by atoms with Crippen molar-refractivity contribution in [2.45, 2.75) is 68.7 Å². The minimum absolute atomic E-state index is 0.330. The SMILES string of the molecule is C=C1C(C)(C)O[C@@](OCC)(C(F)(F)F)[C@@]1(C#CC(C)(C)C)S(=O)(=O)c1ccccc1. The molecular weight excluding hydrogens is 417 g/mol. The van der Waals surface area contributed by atoms with E-state index in [-0.39, 0.29) is 10.5 Å². The van der Waals surface area contributed by atoms with Crippen LogP contribution < -0.4 is 0 Å². The molecule has 1 aromatic carbocycles. The molecule has 1 aliphatic rings. The number of halogens is 3. The molecule has 1 fully saturated rings. The lowest BCUT2D eigenvalue weighted by atomic mass is 9.84. The standard InChI is InChI=1S/C22H27F3O4S/c1-8-28-21(22(23,24)25)20(15-14-18(3,4)5,16(2)19(6,7)29-21)30(26,27)17-12-10-9-11-13-17/h9-13H,2,8H2,1,3-7H3/t20-,21+/m0/s1. The van der Waals surface area contributed by atoms with E-state index in [1.807, 2.05) is 0 Å². The first-order valence-corrected chi connectivity index (χ1v) is 10.9. The largest absolute Gasteiger partial charge is 0.446 e. The fourth-order valence-corrected chi connectivity index (χ4v) is 5.60. The first-order chi connectivity index (χ1) is 13.5. The van der Waals surface area contributed by atoms with Gasteiger partial charge in [0.05, 0.1) is 10.5 Å². The monoisotopic (exact) mass is 444 g/mol. The maximum atomic E-state index is 14.7. The summed E-state index contributed by atoms with van der Waals surface area (Å²) in [4.78, 5) is -0.330. The number of rotatable bonds is 4. The number of alkyl halides is 3. The fourth-order valence-electron chi connectivity index (χ4n) is 3.40. The lowest BCUT2D eigenvalue weighted by Gasteiger charge is -2.41. The van der Waals surface area contributed by atoms with Crippen LogP contribution in [0.3, 0.4) is 0 Å². The number of hydrogen-bond acceptors (Lipinski definition) is 4. The zero-order valence-electron chi connectivity index (χ0n) is 18.0. The van der Waals surface area contributed by atoms with Gasteiger partial charge in [-0.2, -0.15) is 13.2 Å². The molecule has 166 valence electrons. The third-order valence-corrected chi connectivity index (χ3v) is 7.12. The molecule has 0 bridgehead atoms. The van der Waals surface area contributed by atoms with Gasteiger partial charge in [-0.1, -0.05) is 36.6 Å². The highest BCUT2D eigenvalue weighted by atomic mass is 32.2. The lowest BCUT2D eigenvalue weighted by molar-refractivity contribution is -0.384. The second kappa shape index (κ2) is 7.40. The Balaban J connectivity index is 3.11. The molecule has 0 aliphatic carbocycles. The molecule has 8 heteroatoms. The van der Waals surface area contributed by atoms with Crippen LogP contribution in [0, 0.1) is 17.3 Å². The predicted molar refractivity (Wildman–Crippen MR) is 108 cm³/mol. The Bertz CT molecular complexity index is 979. The molecule has 0 spiro atoms. The first-order valence-electron chi connectivity index (χ1n) is 9.43. The van der Waals surface area contributed by atoms with Crippen molar-refractivity contribution in [1.82, 2.24) is 0 Å². The summed E-state index contributed by atoms with van der Waals surface area (Å²) in [7, 11) is -4.80. The first kappa shape index (κ1) is 24.4. The molecule has 1 aliphatic heterocycles. The molecule has 1 heterocycles. The summed E-state index contributed by atoms with van der Waals surface area (Å²) >= 11 is 0. The Hall–Kier alpha value is -1.82. The fraction of sp³-hybridized carbons (Fsp3) is 0.545. The molecule has 1 saturated heterocycles. The molecule has 0 amide bonds. The molecule has 2 rings (SSSR count). The maximum absolute atomic E-state index is 14.7. The van der Waals surface area contributed by atoms with Crippen molar-refractivity contribution in [3.8, 4) is 11.8 Å². The highest BCUT2D eigenvalue weighted by Gasteiger charge is 2.82. The molecule has 30 heavy (non-hydrogen) atoms. The number of hydrogen-bond donors (Lipinski definition) is 0. The van der Waals surface area contributed by atoms with Crippen molar-refractivity contribution >= 4 is 9.84 Å². The van der Waals surface area contributed by atoms with Gasteiger partial charge in [-0.25, -0.2) is 8.42 Å². The molecule has 0 N–H and O–H groups in total. The molecule has 1 aromatic rings. The van der Waals surface area contributed by atoms with Gasteiger partial charge in [0.25, 0.3) is 0 Å². The van der Waals surface area contributed by atoms with Gasteiger partial charge in [-0.15, -0.1) is 0 Å². The van der Waals surface area contributed by atoms with Crippen LogP contribution in [0.4, 0.5) is 13.2 Å². The third kappa shape index (κ3) is 3.57. The summed E-state index contributed by atoms with van der Waals surface area (Å²) in [5, 5.41) is 0. The van der Waals surface area contributed by atoms with Crippen LogP contribution in [-0.4, -0.2) is 37.3 Å². The van der Waals surface area contributed by atoms with Crippen molar-refractivity contribution in [2.75, 3.05) is 6.61 Å². The average Bonchev–Trinajstić information content (AvgIpc) is 2.78. The van der Waals surface area contributed by atoms with Gasteiger partial charge in [0.1, 0.15) is 0 Å². The zero-order chi connectivity index (χ0) is 23.2. The lowest BCUT2D eigenvalue weighted by Crippen LogP contribution is -2.65. The van der Waals surface area contributed by atoms with Crippen molar-refractivity contribution in [3.63, 3.8) is 0 Å². The number of sulfone groups is 1. The van der Waals surface area contributed by atoms with E-state index in [4.69, 9.17) is 9.47 Å². The third-order valence-electron chi connectivity index (χ3n) is 4.81. The Morgan fingerprint density at radius 2 is 1.67 bits per heavy atom. The summed E-state index contributed by atoms with van der Waals surface area (Å²) < 4.78 is 79.4. The van der Waals surface area contributed by atoms with Crippen molar-refractivity contribution in [1.29, 1.82) is 0 Å². The van der Waals surface area contributed by atoms with Gasteiger partial charge < -0.3 is 9.47 Å². The summed E-state index contributed by atoms with van der Waals surface area (Å²) in [6.45, 7) is 12.3. The van der Waals surface area contributed by atoms with Crippen LogP contribution in [0.1, 0.15) is 41.5 Å². The maximum Gasteiger partial charge on any atom is 0.446 e. The van der Waals surface area contributed by atoms with E-state index in [1.165, 1.54) is 45.0 Å². The Morgan fingerprint density at radius 1 is 1.13 bits per heavy atom. The number of benzene rings is 1. The van der Waals surface area contributed by atoms with Crippen LogP contribution in [-0.2, 0) is 19.3 Å². The van der Waals surface area contributed by atoms with E-state index in [0.29, 0.717) is 0 Å². The second-order valence-corrected chi connectivity index (χ2v) is 10.7. The van der Waals surface area contributed by atoms with Crippen LogP contribution in [0.2, 0.25) is 0 Å². The van der Waals surface area contributed by atoms with E-state index in [0.717, 1.165) is 0 Å². The van der Waals surface area contributed by atoms with Crippen LogP contribution in [0.25, 0.3) is 0 Å². The molecule has 0 unspecified atom stereocenters. The summed E-state index contributed by atoms with van der Waals surface area (Å²) in [5.74, 6) is 1.58. The van der Waals surface area contributed by atoms with E-state index < -0.39 is 44.2 Å². The second-order valence-electron chi connectivity index (χ2n) is 8.64. The Labute approximate surface area is 176 Å². The normalized spacial score (nSPS) is 26.9. The summed E-state index contributed by atoms with van der Waals surface area (Å²) in [6.07, 6.45) is -5.23. The zero-order valence-corrected chi connectivity index (χ0v) is 18.8. The van der Waals surface area contributed by atoms with Crippen molar-refractivity contribution in [3.05, 3.63) is 42.5 Å². The quantitative estimate of drug-likeness (QED) is 0.489. The molecular formula is C22H27F3O4S. The topological polar surface area (TPSA) is 52.6 Å². The highest BCUT2D eigenvalue weighted by Crippen LogP contribution is 2.60. The highest BCUT2D eigenvalue weighted by molar-refractivity contribution is 7.93. The van der Waals surface area contributed by atoms with E-state index in [1.54, 1.807) is 26.8 Å². The molecule has 2 atom stereocenters. The van der Waals surface area contributed by atoms with Gasteiger partial charge in [0, 0.05) is 12.0 Å². The average molecular weight is 445 g/mol. The van der Waals surface area contributed by atoms with E-state index in [2.05, 4.69) is 18.4 Å². The minimum atomic E-state index is -5.23. The van der Waals surface area contributed by atoms with Gasteiger partial charge in [-0.3, -0.25) is 0 Å². The molecule has 0 saturated carbocycles. The Morgan fingerprint density at radius 3 is 2.10 bits per heavy atom. The van der Waals surface area contributed by atoms with Gasteiger partial charge in [0.15, 0.2) is 0 Å². The van der Waals surface area contributed by atoms with E-state index >= 15 is 0 Å². The molecule has 0 radical (unpaired) electrons. The van der Waals surface area contributed by atoms with Crippen LogP contribution in [0.15, 0.2) is 47.4 Å². The van der Waals surface area contributed by atoms with E-state index in [9.17, 15) is 21.6 Å². The van der Waals surface area contributed by atoms with Crippen molar-refractivity contribution in [2.24, 2.45) is 5.41 Å². The van der Waals surface area contributed by atoms with Gasteiger partial charge in [-0.05, 0) is 59.2 Å². The van der Waals surface area contributed by atoms with Gasteiger partial charge in [0.2, 0.25) is 14.6 Å². The summed E-state index contributed by atoms with van der Waals surface area (Å²) in [6, 6.07) is 6.87.